The van der Waals surface area contributed by atoms with Gasteiger partial charge in [0.15, 0.2) is 0 Å². The molecule has 1 N–H and O–H groups in total. The summed E-state index contributed by atoms with van der Waals surface area (Å²) in [6, 6.07) is 7.39. The van der Waals surface area contributed by atoms with Crippen molar-refractivity contribution in [3.8, 4) is 0 Å². The molecule has 0 saturated carbocycles. The Hall–Kier alpha value is -0.960. The number of carbonyl (C=O) groups excluding carboxylic acids is 1. The van der Waals surface area contributed by atoms with Gasteiger partial charge in [-0.15, -0.1) is 12.6 Å². The Balaban J connectivity index is 2.65. The molecular formula is C12H17NOS. The molecule has 1 atom stereocenters. The van der Waals surface area contributed by atoms with Crippen LogP contribution in [0.1, 0.15) is 31.1 Å². The highest BCUT2D eigenvalue weighted by Crippen LogP contribution is 2.08. The molecule has 0 saturated heterocycles. The molecular weight excluding hydrogens is 206 g/mol. The number of hydrogen-bond donors (Lipinski definition) is 2. The molecule has 0 heterocycles. The minimum atomic E-state index is -0.0236. The van der Waals surface area contributed by atoms with E-state index in [1.807, 2.05) is 19.1 Å². The van der Waals surface area contributed by atoms with E-state index in [4.69, 9.17) is 0 Å². The van der Waals surface area contributed by atoms with E-state index in [2.05, 4.69) is 31.8 Å². The van der Waals surface area contributed by atoms with Crippen molar-refractivity contribution in [2.24, 2.45) is 5.92 Å². The van der Waals surface area contributed by atoms with Gasteiger partial charge in [-0.25, -0.2) is 0 Å². The maximum Gasteiger partial charge on any atom is 0.251 e. The van der Waals surface area contributed by atoms with Gasteiger partial charge in [-0.1, -0.05) is 13.8 Å². The van der Waals surface area contributed by atoms with Gasteiger partial charge in [0, 0.05) is 16.5 Å². The third-order valence-electron chi connectivity index (χ3n) is 2.49. The van der Waals surface area contributed by atoms with Gasteiger partial charge < -0.3 is 5.32 Å². The molecule has 3 heteroatoms. The number of hydrogen-bond acceptors (Lipinski definition) is 2. The number of amides is 1. The van der Waals surface area contributed by atoms with Crippen molar-refractivity contribution in [3.05, 3.63) is 29.8 Å². The molecule has 1 aromatic carbocycles. The largest absolute Gasteiger partial charge is 0.349 e. The first-order valence-electron chi connectivity index (χ1n) is 5.10. The molecule has 1 aromatic rings. The molecule has 1 rings (SSSR count). The summed E-state index contributed by atoms with van der Waals surface area (Å²) >= 11 is 4.17. The van der Waals surface area contributed by atoms with Crippen molar-refractivity contribution in [2.45, 2.75) is 31.7 Å². The number of carbonyl (C=O) groups is 1. The van der Waals surface area contributed by atoms with Gasteiger partial charge in [-0.3, -0.25) is 4.79 Å². The number of thiol groups is 1. The number of benzene rings is 1. The maximum absolute atomic E-state index is 11.7. The smallest absolute Gasteiger partial charge is 0.251 e. The lowest BCUT2D eigenvalue weighted by Gasteiger charge is -2.17. The van der Waals surface area contributed by atoms with Crippen molar-refractivity contribution >= 4 is 18.5 Å². The van der Waals surface area contributed by atoms with Gasteiger partial charge in [0.05, 0.1) is 0 Å². The fourth-order valence-electron chi connectivity index (χ4n) is 1.07. The summed E-state index contributed by atoms with van der Waals surface area (Å²) in [5, 5.41) is 2.95. The Kier molecular flexibility index (Phi) is 4.21. The second-order valence-corrected chi connectivity index (χ2v) is 4.57. The summed E-state index contributed by atoms with van der Waals surface area (Å²) in [6.45, 7) is 6.18. The average Bonchev–Trinajstić information content (AvgIpc) is 2.18. The molecule has 15 heavy (non-hydrogen) atoms. The second kappa shape index (κ2) is 5.21. The van der Waals surface area contributed by atoms with E-state index in [1.165, 1.54) is 0 Å². The molecule has 0 fully saturated rings. The van der Waals surface area contributed by atoms with Crippen LogP contribution < -0.4 is 5.32 Å². The van der Waals surface area contributed by atoms with Crippen LogP contribution in [0.2, 0.25) is 0 Å². The zero-order valence-corrected chi connectivity index (χ0v) is 10.2. The summed E-state index contributed by atoms with van der Waals surface area (Å²) in [5.41, 5.74) is 0.681. The van der Waals surface area contributed by atoms with Crippen LogP contribution in [0.3, 0.4) is 0 Å². The molecule has 0 spiro atoms. The second-order valence-electron chi connectivity index (χ2n) is 4.05. The predicted octanol–water partition coefficient (Wildman–Crippen LogP) is 2.75. The monoisotopic (exact) mass is 223 g/mol. The summed E-state index contributed by atoms with van der Waals surface area (Å²) in [7, 11) is 0. The van der Waals surface area contributed by atoms with Crippen LogP contribution >= 0.6 is 12.6 Å². The standard InChI is InChI=1S/C12H17NOS/c1-8(2)9(3)13-12(14)10-4-6-11(15)7-5-10/h4-9,15H,1-3H3,(H,13,14). The van der Waals surface area contributed by atoms with Gasteiger partial charge in [0.1, 0.15) is 0 Å². The van der Waals surface area contributed by atoms with Crippen LogP contribution in [0.15, 0.2) is 29.2 Å². The van der Waals surface area contributed by atoms with E-state index < -0.39 is 0 Å². The summed E-state index contributed by atoms with van der Waals surface area (Å²) in [5.74, 6) is 0.419. The first kappa shape index (κ1) is 12.1. The van der Waals surface area contributed by atoms with Crippen LogP contribution in [0, 0.1) is 5.92 Å². The van der Waals surface area contributed by atoms with Crippen LogP contribution in [0.4, 0.5) is 0 Å². The molecule has 0 radical (unpaired) electrons. The van der Waals surface area contributed by atoms with Gasteiger partial charge in [-0.2, -0.15) is 0 Å². The van der Waals surface area contributed by atoms with Gasteiger partial charge >= 0.3 is 0 Å². The lowest BCUT2D eigenvalue weighted by atomic mass is 10.1. The first-order valence-corrected chi connectivity index (χ1v) is 5.55. The molecule has 0 aliphatic heterocycles. The minimum Gasteiger partial charge on any atom is -0.349 e. The molecule has 82 valence electrons. The van der Waals surface area contributed by atoms with E-state index in [9.17, 15) is 4.79 Å². The first-order chi connectivity index (χ1) is 7.00. The molecule has 1 unspecified atom stereocenters. The highest BCUT2D eigenvalue weighted by Gasteiger charge is 2.11. The molecule has 1 amide bonds. The van der Waals surface area contributed by atoms with Crippen molar-refractivity contribution in [1.82, 2.24) is 5.32 Å². The number of nitrogens with one attached hydrogen (secondary N) is 1. The Bertz CT molecular complexity index is 332. The molecule has 0 bridgehead atoms. The Morgan fingerprint density at radius 3 is 2.20 bits per heavy atom. The number of rotatable bonds is 3. The third kappa shape index (κ3) is 3.59. The normalized spacial score (nSPS) is 12.6. The highest BCUT2D eigenvalue weighted by atomic mass is 32.1. The Morgan fingerprint density at radius 2 is 1.73 bits per heavy atom. The third-order valence-corrected chi connectivity index (χ3v) is 2.79. The van der Waals surface area contributed by atoms with Crippen LogP contribution in [-0.4, -0.2) is 11.9 Å². The Morgan fingerprint density at radius 1 is 1.20 bits per heavy atom. The van der Waals surface area contributed by atoms with E-state index in [0.717, 1.165) is 4.90 Å². The van der Waals surface area contributed by atoms with Gasteiger partial charge in [0.25, 0.3) is 5.91 Å². The molecule has 0 aromatic heterocycles. The van der Waals surface area contributed by atoms with E-state index in [0.29, 0.717) is 11.5 Å². The fraction of sp³-hybridized carbons (Fsp3) is 0.417. The topological polar surface area (TPSA) is 29.1 Å². The van der Waals surface area contributed by atoms with Crippen molar-refractivity contribution in [1.29, 1.82) is 0 Å². The molecule has 0 aliphatic rings. The molecule has 2 nitrogen and oxygen atoms in total. The molecule has 0 aliphatic carbocycles. The Labute approximate surface area is 96.5 Å². The maximum atomic E-state index is 11.7. The van der Waals surface area contributed by atoms with Crippen molar-refractivity contribution < 1.29 is 4.79 Å². The lowest BCUT2D eigenvalue weighted by molar-refractivity contribution is 0.0930. The van der Waals surface area contributed by atoms with Crippen molar-refractivity contribution in [3.63, 3.8) is 0 Å². The zero-order valence-electron chi connectivity index (χ0n) is 9.32. The van der Waals surface area contributed by atoms with E-state index in [-0.39, 0.29) is 11.9 Å². The fourth-order valence-corrected chi connectivity index (χ4v) is 1.22. The van der Waals surface area contributed by atoms with E-state index in [1.54, 1.807) is 12.1 Å². The summed E-state index contributed by atoms with van der Waals surface area (Å²) in [6.07, 6.45) is 0. The van der Waals surface area contributed by atoms with Gasteiger partial charge in [0.2, 0.25) is 0 Å². The highest BCUT2D eigenvalue weighted by molar-refractivity contribution is 7.80. The van der Waals surface area contributed by atoms with Gasteiger partial charge in [-0.05, 0) is 37.1 Å². The predicted molar refractivity (Wildman–Crippen MR) is 65.5 cm³/mol. The average molecular weight is 223 g/mol. The minimum absolute atomic E-state index is 0.0236. The van der Waals surface area contributed by atoms with Crippen LogP contribution in [0.25, 0.3) is 0 Å². The van der Waals surface area contributed by atoms with Crippen molar-refractivity contribution in [2.75, 3.05) is 0 Å². The van der Waals surface area contributed by atoms with E-state index >= 15 is 0 Å². The zero-order chi connectivity index (χ0) is 11.4. The lowest BCUT2D eigenvalue weighted by Crippen LogP contribution is -2.36. The quantitative estimate of drug-likeness (QED) is 0.758. The summed E-state index contributed by atoms with van der Waals surface area (Å²) < 4.78 is 0. The SMILES string of the molecule is CC(C)C(C)NC(=O)c1ccc(S)cc1. The van der Waals surface area contributed by atoms with Crippen LogP contribution in [0.5, 0.6) is 0 Å². The summed E-state index contributed by atoms with van der Waals surface area (Å²) in [4.78, 5) is 12.6. The van der Waals surface area contributed by atoms with Crippen LogP contribution in [-0.2, 0) is 0 Å².